The molecule has 2 nitrogen and oxygen atoms in total. The summed E-state index contributed by atoms with van der Waals surface area (Å²) < 4.78 is 0. The van der Waals surface area contributed by atoms with Crippen LogP contribution in [0.3, 0.4) is 0 Å². The van der Waals surface area contributed by atoms with Crippen LogP contribution in [0.2, 0.25) is 5.02 Å². The van der Waals surface area contributed by atoms with Gasteiger partial charge in [0.05, 0.1) is 5.33 Å². The molecule has 19 heavy (non-hydrogen) atoms. The second-order valence-electron chi connectivity index (χ2n) is 3.97. The molecular formula is C15H10BrClO2. The van der Waals surface area contributed by atoms with E-state index in [9.17, 15) is 9.59 Å². The van der Waals surface area contributed by atoms with Gasteiger partial charge in [-0.3, -0.25) is 9.59 Å². The average Bonchev–Trinajstić information content (AvgIpc) is 2.46. The van der Waals surface area contributed by atoms with Crippen LogP contribution in [0.25, 0.3) is 0 Å². The lowest BCUT2D eigenvalue weighted by atomic mass is 10.0. The Hall–Kier alpha value is -1.45. The van der Waals surface area contributed by atoms with Crippen LogP contribution >= 0.6 is 27.5 Å². The molecule has 0 spiro atoms. The molecule has 0 aliphatic heterocycles. The molecule has 0 unspecified atom stereocenters. The van der Waals surface area contributed by atoms with Crippen molar-refractivity contribution in [3.05, 3.63) is 70.2 Å². The van der Waals surface area contributed by atoms with E-state index in [-0.39, 0.29) is 16.9 Å². The van der Waals surface area contributed by atoms with E-state index in [4.69, 9.17) is 11.6 Å². The summed E-state index contributed by atoms with van der Waals surface area (Å²) in [6, 6.07) is 13.4. The van der Waals surface area contributed by atoms with Crippen molar-refractivity contribution in [3.63, 3.8) is 0 Å². The molecule has 0 saturated carbocycles. The highest BCUT2D eigenvalue weighted by Gasteiger charge is 2.10. The van der Waals surface area contributed by atoms with Gasteiger partial charge in [0.15, 0.2) is 11.6 Å². The third-order valence-corrected chi connectivity index (χ3v) is 3.46. The van der Waals surface area contributed by atoms with E-state index in [0.717, 1.165) is 0 Å². The normalized spacial score (nSPS) is 10.2. The summed E-state index contributed by atoms with van der Waals surface area (Å²) in [5.41, 5.74) is 1.71. The average molecular weight is 338 g/mol. The Morgan fingerprint density at radius 2 is 1.26 bits per heavy atom. The number of carbonyl (C=O) groups is 2. The lowest BCUT2D eigenvalue weighted by Gasteiger charge is -2.03. The molecule has 0 aliphatic carbocycles. The van der Waals surface area contributed by atoms with Crippen molar-refractivity contribution in [3.8, 4) is 0 Å². The molecule has 4 heteroatoms. The van der Waals surface area contributed by atoms with Crippen molar-refractivity contribution in [2.75, 3.05) is 5.33 Å². The van der Waals surface area contributed by atoms with Crippen LogP contribution in [0.1, 0.15) is 26.3 Å². The summed E-state index contributed by atoms with van der Waals surface area (Å²) in [4.78, 5) is 23.6. The summed E-state index contributed by atoms with van der Waals surface area (Å²) in [5, 5.41) is 0.868. The summed E-state index contributed by atoms with van der Waals surface area (Å²) in [6.45, 7) is 0. The molecule has 0 amide bonds. The van der Waals surface area contributed by atoms with Gasteiger partial charge in [-0.15, -0.1) is 0 Å². The molecule has 2 rings (SSSR count). The van der Waals surface area contributed by atoms with Gasteiger partial charge in [0.2, 0.25) is 0 Å². The first-order chi connectivity index (χ1) is 9.11. The monoisotopic (exact) mass is 336 g/mol. The van der Waals surface area contributed by atoms with Crippen LogP contribution in [0.15, 0.2) is 48.5 Å². The standard InChI is InChI=1S/C15H10BrClO2/c16-9-14(18)10-1-3-11(4-2-10)15(19)12-5-7-13(17)8-6-12/h1-8H,9H2. The predicted molar refractivity (Wildman–Crippen MR) is 79.5 cm³/mol. The predicted octanol–water partition coefficient (Wildman–Crippen LogP) is 4.15. The topological polar surface area (TPSA) is 34.1 Å². The molecule has 96 valence electrons. The van der Waals surface area contributed by atoms with E-state index in [1.54, 1.807) is 48.5 Å². The van der Waals surface area contributed by atoms with E-state index in [0.29, 0.717) is 21.7 Å². The maximum absolute atomic E-state index is 12.2. The Morgan fingerprint density at radius 3 is 1.74 bits per heavy atom. The molecule has 2 aromatic rings. The minimum Gasteiger partial charge on any atom is -0.293 e. The maximum Gasteiger partial charge on any atom is 0.193 e. The zero-order valence-corrected chi connectivity index (χ0v) is 12.2. The first-order valence-corrected chi connectivity index (χ1v) is 7.11. The molecule has 0 N–H and O–H groups in total. The smallest absolute Gasteiger partial charge is 0.193 e. The Kier molecular flexibility index (Phi) is 4.51. The van der Waals surface area contributed by atoms with Crippen molar-refractivity contribution in [1.29, 1.82) is 0 Å². The number of halogens is 2. The zero-order chi connectivity index (χ0) is 13.8. The molecule has 0 aromatic heterocycles. The second-order valence-corrected chi connectivity index (χ2v) is 4.97. The summed E-state index contributed by atoms with van der Waals surface area (Å²) in [5.74, 6) is -0.0972. The highest BCUT2D eigenvalue weighted by molar-refractivity contribution is 9.09. The SMILES string of the molecule is O=C(CBr)c1ccc(C(=O)c2ccc(Cl)cc2)cc1. The quantitative estimate of drug-likeness (QED) is 0.620. The number of hydrogen-bond acceptors (Lipinski definition) is 2. The third kappa shape index (κ3) is 3.31. The van der Waals surface area contributed by atoms with E-state index in [1.165, 1.54) is 0 Å². The molecule has 2 aromatic carbocycles. The third-order valence-electron chi connectivity index (χ3n) is 2.70. The van der Waals surface area contributed by atoms with Crippen LogP contribution in [-0.2, 0) is 0 Å². The lowest BCUT2D eigenvalue weighted by Crippen LogP contribution is -2.03. The van der Waals surface area contributed by atoms with Gasteiger partial charge in [0.25, 0.3) is 0 Å². The highest BCUT2D eigenvalue weighted by Crippen LogP contribution is 2.15. The van der Waals surface area contributed by atoms with Crippen molar-refractivity contribution >= 4 is 39.1 Å². The van der Waals surface area contributed by atoms with E-state index >= 15 is 0 Å². The van der Waals surface area contributed by atoms with Gasteiger partial charge in [0.1, 0.15) is 0 Å². The van der Waals surface area contributed by atoms with Crippen LogP contribution in [0.5, 0.6) is 0 Å². The molecule has 0 aliphatic rings. The van der Waals surface area contributed by atoms with Crippen LogP contribution in [-0.4, -0.2) is 16.9 Å². The number of carbonyl (C=O) groups excluding carboxylic acids is 2. The van der Waals surface area contributed by atoms with Crippen LogP contribution in [0, 0.1) is 0 Å². The van der Waals surface area contributed by atoms with E-state index in [2.05, 4.69) is 15.9 Å². The number of rotatable bonds is 4. The Morgan fingerprint density at radius 1 is 0.842 bits per heavy atom. The molecule has 0 bridgehead atoms. The van der Waals surface area contributed by atoms with Gasteiger partial charge in [-0.2, -0.15) is 0 Å². The van der Waals surface area contributed by atoms with Gasteiger partial charge >= 0.3 is 0 Å². The molecule has 0 saturated heterocycles. The fourth-order valence-electron chi connectivity index (χ4n) is 1.65. The first kappa shape index (κ1) is 14.0. The van der Waals surface area contributed by atoms with Crippen molar-refractivity contribution in [1.82, 2.24) is 0 Å². The van der Waals surface area contributed by atoms with Crippen molar-refractivity contribution in [2.24, 2.45) is 0 Å². The molecule has 0 atom stereocenters. The van der Waals surface area contributed by atoms with Gasteiger partial charge in [-0.25, -0.2) is 0 Å². The molecule has 0 radical (unpaired) electrons. The molecular weight excluding hydrogens is 328 g/mol. The Labute approximate surface area is 124 Å². The van der Waals surface area contributed by atoms with Crippen molar-refractivity contribution < 1.29 is 9.59 Å². The number of alkyl halides is 1. The second kappa shape index (κ2) is 6.13. The summed E-state index contributed by atoms with van der Waals surface area (Å²) in [6.07, 6.45) is 0. The molecule has 0 heterocycles. The number of benzene rings is 2. The van der Waals surface area contributed by atoms with E-state index < -0.39 is 0 Å². The van der Waals surface area contributed by atoms with Gasteiger partial charge < -0.3 is 0 Å². The lowest BCUT2D eigenvalue weighted by molar-refractivity contribution is 0.101. The number of Topliss-reactive ketones (excluding diaryl/α,β-unsaturated/α-hetero) is 1. The summed E-state index contributed by atoms with van der Waals surface area (Å²) >= 11 is 8.89. The highest BCUT2D eigenvalue weighted by atomic mass is 79.9. The van der Waals surface area contributed by atoms with E-state index in [1.807, 2.05) is 0 Å². The zero-order valence-electron chi connectivity index (χ0n) is 9.90. The summed E-state index contributed by atoms with van der Waals surface area (Å²) in [7, 11) is 0. The van der Waals surface area contributed by atoms with Gasteiger partial charge in [-0.05, 0) is 24.3 Å². The Balaban J connectivity index is 2.25. The van der Waals surface area contributed by atoms with Crippen LogP contribution in [0.4, 0.5) is 0 Å². The number of hydrogen-bond donors (Lipinski definition) is 0. The Bertz CT molecular complexity index is 603. The minimum atomic E-state index is -0.0884. The van der Waals surface area contributed by atoms with Crippen molar-refractivity contribution in [2.45, 2.75) is 0 Å². The fraction of sp³-hybridized carbons (Fsp3) is 0.0667. The largest absolute Gasteiger partial charge is 0.293 e. The van der Waals surface area contributed by atoms with Crippen LogP contribution < -0.4 is 0 Å². The van der Waals surface area contributed by atoms with Gasteiger partial charge in [0, 0.05) is 21.7 Å². The number of ketones is 2. The van der Waals surface area contributed by atoms with Gasteiger partial charge in [-0.1, -0.05) is 51.8 Å². The minimum absolute atomic E-state index is 0.00880. The fourth-order valence-corrected chi connectivity index (χ4v) is 2.10. The first-order valence-electron chi connectivity index (χ1n) is 5.61. The maximum atomic E-state index is 12.2. The molecule has 0 fully saturated rings.